The van der Waals surface area contributed by atoms with Gasteiger partial charge >= 0.3 is 0 Å². The predicted octanol–water partition coefficient (Wildman–Crippen LogP) is 4.65. The van der Waals surface area contributed by atoms with Crippen molar-refractivity contribution in [3.63, 3.8) is 0 Å². The largest absolute Gasteiger partial charge is 0.393 e. The number of rotatable bonds is 6. The second-order valence-electron chi connectivity index (χ2n) is 5.66. The fourth-order valence-corrected chi connectivity index (χ4v) is 4.16. The summed E-state index contributed by atoms with van der Waals surface area (Å²) >= 11 is 1.83. The molecular weight excluding hydrogens is 240 g/mol. The highest BCUT2D eigenvalue weighted by molar-refractivity contribution is 7.09. The third-order valence-electron chi connectivity index (χ3n) is 4.49. The van der Waals surface area contributed by atoms with E-state index in [0.29, 0.717) is 5.92 Å². The molecule has 1 aromatic heterocycles. The van der Waals surface area contributed by atoms with Crippen LogP contribution >= 0.6 is 11.3 Å². The molecule has 1 heterocycles. The lowest BCUT2D eigenvalue weighted by molar-refractivity contribution is 0.0388. The molecule has 0 aliphatic heterocycles. The number of hydrogen-bond acceptors (Lipinski definition) is 2. The number of aliphatic hydroxyl groups is 1. The van der Waals surface area contributed by atoms with Gasteiger partial charge in [0.25, 0.3) is 0 Å². The first-order chi connectivity index (χ1) is 8.81. The molecule has 102 valence electrons. The van der Waals surface area contributed by atoms with E-state index < -0.39 is 0 Å². The van der Waals surface area contributed by atoms with Crippen LogP contribution in [0, 0.1) is 11.8 Å². The fourth-order valence-electron chi connectivity index (χ4n) is 3.40. The maximum Gasteiger partial charge on any atom is 0.0571 e. The van der Waals surface area contributed by atoms with Crippen molar-refractivity contribution in [2.45, 2.75) is 64.4 Å². The van der Waals surface area contributed by atoms with Gasteiger partial charge in [-0.2, -0.15) is 0 Å². The zero-order valence-corrected chi connectivity index (χ0v) is 12.3. The summed E-state index contributed by atoms with van der Waals surface area (Å²) in [5.41, 5.74) is 0. The first-order valence-corrected chi connectivity index (χ1v) is 8.39. The van der Waals surface area contributed by atoms with E-state index in [0.717, 1.165) is 25.2 Å². The molecule has 1 aromatic rings. The van der Waals surface area contributed by atoms with E-state index in [1.54, 1.807) is 0 Å². The smallest absolute Gasteiger partial charge is 0.0571 e. The van der Waals surface area contributed by atoms with Crippen molar-refractivity contribution < 1.29 is 5.11 Å². The summed E-state index contributed by atoms with van der Waals surface area (Å²) in [4.78, 5) is 1.46. The molecule has 0 spiro atoms. The monoisotopic (exact) mass is 266 g/mol. The lowest BCUT2D eigenvalue weighted by Crippen LogP contribution is -2.30. The molecule has 1 N–H and O–H groups in total. The first-order valence-electron chi connectivity index (χ1n) is 7.51. The summed E-state index contributed by atoms with van der Waals surface area (Å²) in [7, 11) is 0. The second-order valence-corrected chi connectivity index (χ2v) is 6.69. The van der Waals surface area contributed by atoms with Crippen molar-refractivity contribution >= 4 is 11.3 Å². The molecule has 1 saturated carbocycles. The Morgan fingerprint density at radius 2 is 2.22 bits per heavy atom. The second kappa shape index (κ2) is 7.30. The summed E-state index contributed by atoms with van der Waals surface area (Å²) in [6, 6.07) is 4.32. The lowest BCUT2D eigenvalue weighted by Gasteiger charge is -2.34. The molecule has 0 saturated heterocycles. The summed E-state index contributed by atoms with van der Waals surface area (Å²) < 4.78 is 0. The van der Waals surface area contributed by atoms with E-state index in [-0.39, 0.29) is 6.10 Å². The third kappa shape index (κ3) is 3.83. The number of hydrogen-bond donors (Lipinski definition) is 1. The van der Waals surface area contributed by atoms with Crippen LogP contribution in [-0.2, 0) is 6.42 Å². The minimum absolute atomic E-state index is 0.0600. The standard InChI is InChI=1S/C16H26OS/c1-2-13-7-3-4-10-15(13)16(17)11-5-8-14-9-6-12-18-14/h6,9,12-13,15-17H,2-5,7-8,10-11H2,1H3. The average molecular weight is 266 g/mol. The molecule has 0 radical (unpaired) electrons. The Morgan fingerprint density at radius 3 is 2.94 bits per heavy atom. The van der Waals surface area contributed by atoms with Crippen LogP contribution in [0.15, 0.2) is 17.5 Å². The average Bonchev–Trinajstić information content (AvgIpc) is 2.91. The van der Waals surface area contributed by atoms with E-state index >= 15 is 0 Å². The van der Waals surface area contributed by atoms with Gasteiger partial charge in [0.15, 0.2) is 0 Å². The number of aryl methyl sites for hydroxylation is 1. The topological polar surface area (TPSA) is 20.2 Å². The van der Waals surface area contributed by atoms with Crippen LogP contribution in [0.1, 0.15) is 56.7 Å². The molecule has 0 amide bonds. The Balaban J connectivity index is 1.74. The minimum Gasteiger partial charge on any atom is -0.393 e. The maximum absolute atomic E-state index is 10.4. The van der Waals surface area contributed by atoms with Gasteiger partial charge in [-0.1, -0.05) is 38.7 Å². The van der Waals surface area contributed by atoms with Crippen LogP contribution in [0.2, 0.25) is 0 Å². The van der Waals surface area contributed by atoms with Crippen molar-refractivity contribution in [3.05, 3.63) is 22.4 Å². The highest BCUT2D eigenvalue weighted by Crippen LogP contribution is 2.35. The maximum atomic E-state index is 10.4. The molecule has 2 rings (SSSR count). The van der Waals surface area contributed by atoms with Crippen LogP contribution in [-0.4, -0.2) is 11.2 Å². The van der Waals surface area contributed by atoms with Crippen molar-refractivity contribution in [1.29, 1.82) is 0 Å². The Labute approximate surface area is 115 Å². The minimum atomic E-state index is -0.0600. The SMILES string of the molecule is CCC1CCCCC1C(O)CCCc1cccs1. The summed E-state index contributed by atoms with van der Waals surface area (Å²) in [5.74, 6) is 1.35. The molecule has 0 bridgehead atoms. The first kappa shape index (κ1) is 14.1. The van der Waals surface area contributed by atoms with E-state index in [2.05, 4.69) is 24.4 Å². The summed E-state index contributed by atoms with van der Waals surface area (Å²) in [5, 5.41) is 12.5. The predicted molar refractivity (Wildman–Crippen MR) is 79.0 cm³/mol. The van der Waals surface area contributed by atoms with Gasteiger partial charge in [0.2, 0.25) is 0 Å². The highest BCUT2D eigenvalue weighted by atomic mass is 32.1. The zero-order valence-electron chi connectivity index (χ0n) is 11.5. The van der Waals surface area contributed by atoms with Gasteiger partial charge in [0.1, 0.15) is 0 Å². The van der Waals surface area contributed by atoms with E-state index in [9.17, 15) is 5.11 Å². The van der Waals surface area contributed by atoms with Crippen LogP contribution in [0.3, 0.4) is 0 Å². The van der Waals surface area contributed by atoms with Gasteiger partial charge in [-0.05, 0) is 49.0 Å². The Morgan fingerprint density at radius 1 is 1.39 bits per heavy atom. The Kier molecular flexibility index (Phi) is 5.71. The van der Waals surface area contributed by atoms with Gasteiger partial charge in [0, 0.05) is 4.88 Å². The molecule has 1 nitrogen and oxygen atoms in total. The van der Waals surface area contributed by atoms with Crippen molar-refractivity contribution in [2.75, 3.05) is 0 Å². The molecule has 3 atom stereocenters. The quantitative estimate of drug-likeness (QED) is 0.794. The van der Waals surface area contributed by atoms with Gasteiger partial charge in [-0.25, -0.2) is 0 Å². The van der Waals surface area contributed by atoms with Crippen molar-refractivity contribution in [1.82, 2.24) is 0 Å². The van der Waals surface area contributed by atoms with E-state index in [1.807, 2.05) is 11.3 Å². The van der Waals surface area contributed by atoms with Gasteiger partial charge < -0.3 is 5.11 Å². The molecule has 1 fully saturated rings. The Hall–Kier alpha value is -0.340. The van der Waals surface area contributed by atoms with Gasteiger partial charge in [-0.15, -0.1) is 11.3 Å². The summed E-state index contributed by atoms with van der Waals surface area (Å²) in [6.07, 6.45) is 9.72. The molecular formula is C16H26OS. The van der Waals surface area contributed by atoms with E-state index in [4.69, 9.17) is 0 Å². The number of thiophene rings is 1. The van der Waals surface area contributed by atoms with Crippen LogP contribution in [0.5, 0.6) is 0 Å². The van der Waals surface area contributed by atoms with Gasteiger partial charge in [0.05, 0.1) is 6.10 Å². The van der Waals surface area contributed by atoms with Gasteiger partial charge in [-0.3, -0.25) is 0 Å². The van der Waals surface area contributed by atoms with Crippen LogP contribution < -0.4 is 0 Å². The number of aliphatic hydroxyl groups excluding tert-OH is 1. The molecule has 1 aliphatic carbocycles. The molecule has 18 heavy (non-hydrogen) atoms. The van der Waals surface area contributed by atoms with Crippen molar-refractivity contribution in [2.24, 2.45) is 11.8 Å². The fraction of sp³-hybridized carbons (Fsp3) is 0.750. The molecule has 1 aliphatic rings. The van der Waals surface area contributed by atoms with E-state index in [1.165, 1.54) is 37.0 Å². The highest BCUT2D eigenvalue weighted by Gasteiger charge is 2.29. The van der Waals surface area contributed by atoms with Crippen LogP contribution in [0.4, 0.5) is 0 Å². The summed E-state index contributed by atoms with van der Waals surface area (Å²) in [6.45, 7) is 2.28. The van der Waals surface area contributed by atoms with Crippen LogP contribution in [0.25, 0.3) is 0 Å². The molecule has 0 aromatic carbocycles. The Bertz CT molecular complexity index is 320. The molecule has 3 unspecified atom stereocenters. The molecule has 2 heteroatoms. The zero-order chi connectivity index (χ0) is 12.8. The van der Waals surface area contributed by atoms with Crippen molar-refractivity contribution in [3.8, 4) is 0 Å². The third-order valence-corrected chi connectivity index (χ3v) is 5.43. The normalized spacial score (nSPS) is 26.1. The lowest BCUT2D eigenvalue weighted by atomic mass is 9.74.